The predicted octanol–water partition coefficient (Wildman–Crippen LogP) is 8.07. The molecule has 1 aliphatic rings. The van der Waals surface area contributed by atoms with E-state index < -0.39 is 5.41 Å². The van der Waals surface area contributed by atoms with Gasteiger partial charge in [0.2, 0.25) is 0 Å². The van der Waals surface area contributed by atoms with Gasteiger partial charge in [0.05, 0.1) is 11.5 Å². The van der Waals surface area contributed by atoms with Gasteiger partial charge in [0.1, 0.15) is 0 Å². The van der Waals surface area contributed by atoms with Gasteiger partial charge in [-0.05, 0) is 75.1 Å². The van der Waals surface area contributed by atoms with E-state index in [0.29, 0.717) is 22.0 Å². The summed E-state index contributed by atoms with van der Waals surface area (Å²) in [5.41, 5.74) is 1.64. The molecule has 0 aliphatic heterocycles. The van der Waals surface area contributed by atoms with Crippen molar-refractivity contribution in [2.45, 2.75) is 76.7 Å². The van der Waals surface area contributed by atoms with E-state index in [1.165, 1.54) is 12.0 Å². The second-order valence-electron chi connectivity index (χ2n) is 9.18. The van der Waals surface area contributed by atoms with Crippen molar-refractivity contribution in [3.8, 4) is 6.07 Å². The molecule has 0 amide bonds. The molecular weight excluding hydrogens is 435 g/mol. The Balaban J connectivity index is 1.80. The molecule has 2 atom stereocenters. The fourth-order valence-corrected chi connectivity index (χ4v) is 6.02. The maximum absolute atomic E-state index is 10.5. The molecule has 2 aromatic rings. The van der Waals surface area contributed by atoms with Crippen molar-refractivity contribution >= 4 is 23.2 Å². The van der Waals surface area contributed by atoms with E-state index in [0.717, 1.165) is 63.6 Å². The molecule has 0 heterocycles. The lowest BCUT2D eigenvalue weighted by atomic mass is 9.60. The van der Waals surface area contributed by atoms with E-state index in [2.05, 4.69) is 55.1 Å². The highest BCUT2D eigenvalue weighted by Gasteiger charge is 2.46. The lowest BCUT2D eigenvalue weighted by Gasteiger charge is -2.43. The molecule has 0 spiro atoms. The highest BCUT2D eigenvalue weighted by atomic mass is 35.5. The molecule has 172 valence electrons. The summed E-state index contributed by atoms with van der Waals surface area (Å²) in [6.07, 6.45) is 8.41. The normalized spacial score (nSPS) is 16.9. The minimum Gasteiger partial charge on any atom is -0.300 e. The maximum Gasteiger partial charge on any atom is 0.0879 e. The van der Waals surface area contributed by atoms with Crippen LogP contribution in [0.5, 0.6) is 0 Å². The number of halogens is 2. The fraction of sp³-hybridized carbons (Fsp3) is 0.536. The van der Waals surface area contributed by atoms with Crippen LogP contribution in [0.4, 0.5) is 0 Å². The van der Waals surface area contributed by atoms with Crippen LogP contribution in [0, 0.1) is 17.2 Å². The number of benzene rings is 2. The van der Waals surface area contributed by atoms with Gasteiger partial charge in [0, 0.05) is 28.2 Å². The minimum absolute atomic E-state index is 0.339. The Morgan fingerprint density at radius 1 is 1.03 bits per heavy atom. The van der Waals surface area contributed by atoms with Crippen LogP contribution in [0.2, 0.25) is 10.0 Å². The van der Waals surface area contributed by atoms with Crippen molar-refractivity contribution in [2.75, 3.05) is 13.1 Å². The van der Waals surface area contributed by atoms with Crippen molar-refractivity contribution in [1.82, 2.24) is 4.90 Å². The van der Waals surface area contributed by atoms with Gasteiger partial charge < -0.3 is 4.90 Å². The van der Waals surface area contributed by atoms with Gasteiger partial charge in [-0.25, -0.2) is 0 Å². The molecule has 0 aromatic heterocycles. The van der Waals surface area contributed by atoms with Crippen molar-refractivity contribution < 1.29 is 0 Å². The Kier molecular flexibility index (Phi) is 9.47. The summed E-state index contributed by atoms with van der Waals surface area (Å²) in [5, 5.41) is 11.8. The van der Waals surface area contributed by atoms with Crippen LogP contribution >= 0.6 is 23.2 Å². The Morgan fingerprint density at radius 3 is 2.25 bits per heavy atom. The van der Waals surface area contributed by atoms with Crippen molar-refractivity contribution in [3.63, 3.8) is 0 Å². The van der Waals surface area contributed by atoms with Crippen LogP contribution < -0.4 is 0 Å². The van der Waals surface area contributed by atoms with E-state index in [-0.39, 0.29) is 0 Å². The molecule has 2 unspecified atom stereocenters. The highest BCUT2D eigenvalue weighted by molar-refractivity contribution is 6.36. The van der Waals surface area contributed by atoms with Crippen molar-refractivity contribution in [1.29, 1.82) is 5.26 Å². The molecule has 2 aromatic carbocycles. The van der Waals surface area contributed by atoms with Crippen LogP contribution in [0.25, 0.3) is 0 Å². The van der Waals surface area contributed by atoms with E-state index in [1.807, 2.05) is 18.2 Å². The van der Waals surface area contributed by atoms with E-state index in [4.69, 9.17) is 23.2 Å². The first kappa shape index (κ1) is 25.1. The van der Waals surface area contributed by atoms with Gasteiger partial charge >= 0.3 is 0 Å². The van der Waals surface area contributed by atoms with Gasteiger partial charge in [-0.2, -0.15) is 5.26 Å². The first-order valence-electron chi connectivity index (χ1n) is 12.2. The molecule has 0 radical (unpaired) electrons. The van der Waals surface area contributed by atoms with Gasteiger partial charge in [0.25, 0.3) is 0 Å². The molecule has 1 fully saturated rings. The first-order chi connectivity index (χ1) is 15.6. The number of rotatable bonds is 12. The second-order valence-corrected chi connectivity index (χ2v) is 9.99. The molecule has 0 saturated heterocycles. The smallest absolute Gasteiger partial charge is 0.0879 e. The van der Waals surface area contributed by atoms with Gasteiger partial charge in [-0.15, -0.1) is 0 Å². The number of hydrogen-bond donors (Lipinski definition) is 0. The molecule has 0 bridgehead atoms. The monoisotopic (exact) mass is 470 g/mol. The van der Waals surface area contributed by atoms with Crippen LogP contribution in [-0.2, 0) is 11.8 Å². The lowest BCUT2D eigenvalue weighted by molar-refractivity contribution is 0.148. The topological polar surface area (TPSA) is 27.0 Å². The van der Waals surface area contributed by atoms with Gasteiger partial charge in [0.15, 0.2) is 0 Å². The van der Waals surface area contributed by atoms with Crippen molar-refractivity contribution in [2.24, 2.45) is 5.92 Å². The summed E-state index contributed by atoms with van der Waals surface area (Å²) in [7, 11) is 0. The molecule has 3 rings (SSSR count). The molecular formula is C28H36Cl2N2. The number of nitriles is 1. The Labute approximate surface area is 204 Å². The molecule has 1 aliphatic carbocycles. The summed E-state index contributed by atoms with van der Waals surface area (Å²) < 4.78 is 0. The third kappa shape index (κ3) is 5.69. The first-order valence-corrected chi connectivity index (χ1v) is 12.9. The quantitative estimate of drug-likeness (QED) is 0.313. The zero-order valence-corrected chi connectivity index (χ0v) is 21.0. The zero-order valence-electron chi connectivity index (χ0n) is 19.5. The number of hydrogen-bond acceptors (Lipinski definition) is 2. The molecule has 2 nitrogen and oxygen atoms in total. The van der Waals surface area contributed by atoms with E-state index in [1.54, 1.807) is 0 Å². The average molecular weight is 472 g/mol. The van der Waals surface area contributed by atoms with Crippen LogP contribution in [0.15, 0.2) is 48.5 Å². The minimum atomic E-state index is -0.599. The summed E-state index contributed by atoms with van der Waals surface area (Å²) in [6.45, 7) is 6.66. The van der Waals surface area contributed by atoms with Gasteiger partial charge in [-0.1, -0.05) is 79.9 Å². The molecule has 1 saturated carbocycles. The standard InChI is InChI=1S/C28H36Cl2N2/c1-3-19-32(20-17-22-10-6-5-7-11-22)24(4-2)16-18-28(21-31,23-12-8-13-23)27-25(29)14-9-15-26(27)30/h5-7,9-11,14-15,23-24H,3-4,8,12-13,16-20H2,1-2H3. The van der Waals surface area contributed by atoms with Crippen LogP contribution in [0.3, 0.4) is 0 Å². The Bertz CT molecular complexity index is 868. The summed E-state index contributed by atoms with van der Waals surface area (Å²) in [5.74, 6) is 0.339. The molecule has 32 heavy (non-hydrogen) atoms. The fourth-order valence-electron chi connectivity index (χ4n) is 5.28. The largest absolute Gasteiger partial charge is 0.300 e. The van der Waals surface area contributed by atoms with Crippen LogP contribution in [-0.4, -0.2) is 24.0 Å². The summed E-state index contributed by atoms with van der Waals surface area (Å²) >= 11 is 13.3. The SMILES string of the molecule is CCCN(CCc1ccccc1)C(CC)CCC(C#N)(c1c(Cl)cccc1Cl)C1CCC1. The molecule has 0 N–H and O–H groups in total. The third-order valence-electron chi connectivity index (χ3n) is 7.31. The number of nitrogens with zero attached hydrogens (tertiary/aromatic N) is 2. The second kappa shape index (κ2) is 12.1. The average Bonchev–Trinajstić information content (AvgIpc) is 2.76. The van der Waals surface area contributed by atoms with E-state index in [9.17, 15) is 5.26 Å². The Hall–Kier alpha value is -1.53. The zero-order chi connectivity index (χ0) is 23.0. The van der Waals surface area contributed by atoms with Gasteiger partial charge in [-0.3, -0.25) is 0 Å². The summed E-state index contributed by atoms with van der Waals surface area (Å²) in [6, 6.07) is 19.6. The highest BCUT2D eigenvalue weighted by Crippen LogP contribution is 2.51. The van der Waals surface area contributed by atoms with Crippen molar-refractivity contribution in [3.05, 3.63) is 69.7 Å². The van der Waals surface area contributed by atoms with Crippen LogP contribution in [0.1, 0.15) is 69.9 Å². The van der Waals surface area contributed by atoms with E-state index >= 15 is 0 Å². The lowest BCUT2D eigenvalue weighted by Crippen LogP contribution is -2.42. The third-order valence-corrected chi connectivity index (χ3v) is 7.94. The molecule has 4 heteroatoms. The Morgan fingerprint density at radius 2 is 1.72 bits per heavy atom. The summed E-state index contributed by atoms with van der Waals surface area (Å²) in [4.78, 5) is 2.63. The maximum atomic E-state index is 10.5. The predicted molar refractivity (Wildman–Crippen MR) is 136 cm³/mol.